The van der Waals surface area contributed by atoms with Crippen LogP contribution >= 0.6 is 11.6 Å². The zero-order chi connectivity index (χ0) is 15.4. The van der Waals surface area contributed by atoms with Gasteiger partial charge < -0.3 is 20.1 Å². The number of ether oxygens (including phenoxy) is 1. The van der Waals surface area contributed by atoms with E-state index in [1.807, 2.05) is 0 Å². The molecular formula is C13H14ClFN2O4. The second-order valence-electron chi connectivity index (χ2n) is 4.55. The number of amides is 2. The Balaban J connectivity index is 1.89. The largest absolute Gasteiger partial charge is 0.479 e. The molecule has 0 bridgehead atoms. The van der Waals surface area contributed by atoms with Crippen molar-refractivity contribution in [2.75, 3.05) is 19.7 Å². The van der Waals surface area contributed by atoms with E-state index in [2.05, 4.69) is 5.32 Å². The number of morpholine rings is 1. The highest BCUT2D eigenvalue weighted by Crippen LogP contribution is 2.16. The molecule has 8 heteroatoms. The van der Waals surface area contributed by atoms with Gasteiger partial charge in [0.25, 0.3) is 0 Å². The van der Waals surface area contributed by atoms with Crippen LogP contribution in [-0.2, 0) is 16.1 Å². The summed E-state index contributed by atoms with van der Waals surface area (Å²) >= 11 is 5.65. The molecule has 1 unspecified atom stereocenters. The highest BCUT2D eigenvalue weighted by Gasteiger charge is 2.28. The van der Waals surface area contributed by atoms with E-state index in [0.717, 1.165) is 0 Å². The summed E-state index contributed by atoms with van der Waals surface area (Å²) in [5, 5.41) is 11.5. The third-order valence-corrected chi connectivity index (χ3v) is 3.35. The molecule has 21 heavy (non-hydrogen) atoms. The van der Waals surface area contributed by atoms with E-state index in [9.17, 15) is 14.0 Å². The number of carboxylic acids is 1. The lowest BCUT2D eigenvalue weighted by Crippen LogP contribution is -2.51. The van der Waals surface area contributed by atoms with E-state index in [1.165, 1.54) is 23.1 Å². The fourth-order valence-electron chi connectivity index (χ4n) is 1.92. The average molecular weight is 317 g/mol. The molecule has 0 spiro atoms. The van der Waals surface area contributed by atoms with Gasteiger partial charge in [-0.05, 0) is 17.7 Å². The molecule has 1 aromatic carbocycles. The van der Waals surface area contributed by atoms with Gasteiger partial charge in [-0.15, -0.1) is 0 Å². The predicted molar refractivity (Wildman–Crippen MR) is 72.6 cm³/mol. The molecule has 2 amide bonds. The number of nitrogens with one attached hydrogen (secondary N) is 1. The summed E-state index contributed by atoms with van der Waals surface area (Å²) in [6.45, 7) is 0.659. The number of benzene rings is 1. The number of nitrogens with zero attached hydrogens (tertiary/aromatic N) is 1. The second kappa shape index (κ2) is 6.73. The van der Waals surface area contributed by atoms with Crippen LogP contribution in [0, 0.1) is 5.82 Å². The van der Waals surface area contributed by atoms with Crippen LogP contribution in [-0.4, -0.2) is 47.8 Å². The number of carbonyl (C=O) groups is 2. The Bertz CT molecular complexity index is 555. The predicted octanol–water partition coefficient (Wildman–Crippen LogP) is 1.47. The van der Waals surface area contributed by atoms with Crippen molar-refractivity contribution in [1.29, 1.82) is 0 Å². The van der Waals surface area contributed by atoms with Gasteiger partial charge in [0.15, 0.2) is 6.10 Å². The molecule has 1 aliphatic rings. The smallest absolute Gasteiger partial charge is 0.334 e. The van der Waals surface area contributed by atoms with Crippen LogP contribution in [0.5, 0.6) is 0 Å². The Labute approximate surface area is 125 Å². The van der Waals surface area contributed by atoms with Crippen LogP contribution < -0.4 is 5.32 Å². The molecule has 6 nitrogen and oxygen atoms in total. The lowest BCUT2D eigenvalue weighted by molar-refractivity contribution is -0.154. The number of carbonyl (C=O) groups excluding carboxylic acids is 1. The van der Waals surface area contributed by atoms with Crippen LogP contribution in [0.4, 0.5) is 9.18 Å². The van der Waals surface area contributed by atoms with Crippen LogP contribution in [0.2, 0.25) is 5.02 Å². The molecule has 2 rings (SSSR count). The van der Waals surface area contributed by atoms with Crippen molar-refractivity contribution >= 4 is 23.6 Å². The van der Waals surface area contributed by atoms with Gasteiger partial charge in [-0.1, -0.05) is 17.7 Å². The summed E-state index contributed by atoms with van der Waals surface area (Å²) in [7, 11) is 0. The first kappa shape index (κ1) is 15.5. The van der Waals surface area contributed by atoms with Crippen LogP contribution in [0.3, 0.4) is 0 Å². The molecule has 0 radical (unpaired) electrons. The molecule has 1 aromatic rings. The fourth-order valence-corrected chi connectivity index (χ4v) is 2.13. The van der Waals surface area contributed by atoms with Crippen molar-refractivity contribution in [3.63, 3.8) is 0 Å². The summed E-state index contributed by atoms with van der Waals surface area (Å²) in [6, 6.07) is 3.76. The van der Waals surface area contributed by atoms with Gasteiger partial charge in [-0.25, -0.2) is 14.0 Å². The van der Waals surface area contributed by atoms with Crippen molar-refractivity contribution in [1.82, 2.24) is 10.2 Å². The minimum Gasteiger partial charge on any atom is -0.479 e. The quantitative estimate of drug-likeness (QED) is 0.885. The Morgan fingerprint density at radius 3 is 2.95 bits per heavy atom. The monoisotopic (exact) mass is 316 g/mol. The molecule has 1 saturated heterocycles. The number of urea groups is 1. The molecule has 1 aliphatic heterocycles. The summed E-state index contributed by atoms with van der Waals surface area (Å²) in [6.07, 6.45) is -1.01. The van der Waals surface area contributed by atoms with Crippen molar-refractivity contribution in [3.8, 4) is 0 Å². The molecule has 0 saturated carbocycles. The number of carboxylic acid groups (broad SMARTS) is 1. The standard InChI is InChI=1S/C13H14ClFN2O4/c14-9-5-8(1-2-10(9)15)6-16-13(20)17-3-4-21-11(7-17)12(18)19/h1-2,5,11H,3-4,6-7H2,(H,16,20)(H,18,19). The molecule has 0 aromatic heterocycles. The summed E-state index contributed by atoms with van der Waals surface area (Å²) in [4.78, 5) is 24.2. The maximum Gasteiger partial charge on any atom is 0.334 e. The minimum absolute atomic E-state index is 0.00859. The normalized spacial score (nSPS) is 18.4. The van der Waals surface area contributed by atoms with Crippen LogP contribution in [0.1, 0.15) is 5.56 Å². The second-order valence-corrected chi connectivity index (χ2v) is 4.96. The molecule has 114 valence electrons. The van der Waals surface area contributed by atoms with Gasteiger partial charge >= 0.3 is 12.0 Å². The number of hydrogen-bond acceptors (Lipinski definition) is 3. The summed E-state index contributed by atoms with van der Waals surface area (Å²) in [5.74, 6) is -1.62. The Kier molecular flexibility index (Phi) is 4.98. The fraction of sp³-hybridized carbons (Fsp3) is 0.385. The molecule has 2 N–H and O–H groups in total. The van der Waals surface area contributed by atoms with Crippen molar-refractivity contribution in [3.05, 3.63) is 34.6 Å². The highest BCUT2D eigenvalue weighted by atomic mass is 35.5. The van der Waals surface area contributed by atoms with E-state index in [-0.39, 0.29) is 24.7 Å². The van der Waals surface area contributed by atoms with Gasteiger partial charge in [0.05, 0.1) is 18.2 Å². The molecular weight excluding hydrogens is 303 g/mol. The first-order chi connectivity index (χ1) is 9.97. The summed E-state index contributed by atoms with van der Waals surface area (Å²) < 4.78 is 18.0. The Hall–Kier alpha value is -1.86. The number of rotatable bonds is 3. The Morgan fingerprint density at radius 2 is 2.29 bits per heavy atom. The highest BCUT2D eigenvalue weighted by molar-refractivity contribution is 6.30. The van der Waals surface area contributed by atoms with Gasteiger partial charge in [-0.2, -0.15) is 0 Å². The van der Waals surface area contributed by atoms with Gasteiger partial charge in [0.2, 0.25) is 0 Å². The van der Waals surface area contributed by atoms with Gasteiger partial charge in [0, 0.05) is 13.1 Å². The topological polar surface area (TPSA) is 78.9 Å². The third kappa shape index (κ3) is 4.05. The van der Waals surface area contributed by atoms with Crippen molar-refractivity contribution < 1.29 is 23.8 Å². The van der Waals surface area contributed by atoms with E-state index < -0.39 is 23.9 Å². The average Bonchev–Trinajstić information content (AvgIpc) is 2.48. The van der Waals surface area contributed by atoms with Crippen molar-refractivity contribution in [2.45, 2.75) is 12.6 Å². The lowest BCUT2D eigenvalue weighted by atomic mass is 10.2. The zero-order valence-corrected chi connectivity index (χ0v) is 11.8. The van der Waals surface area contributed by atoms with Crippen LogP contribution in [0.25, 0.3) is 0 Å². The van der Waals surface area contributed by atoms with Gasteiger partial charge in [-0.3, -0.25) is 0 Å². The van der Waals surface area contributed by atoms with Crippen molar-refractivity contribution in [2.24, 2.45) is 0 Å². The maximum absolute atomic E-state index is 13.0. The lowest BCUT2D eigenvalue weighted by Gasteiger charge is -2.30. The zero-order valence-electron chi connectivity index (χ0n) is 11.0. The van der Waals surface area contributed by atoms with E-state index in [4.69, 9.17) is 21.4 Å². The third-order valence-electron chi connectivity index (χ3n) is 3.06. The van der Waals surface area contributed by atoms with Crippen LogP contribution in [0.15, 0.2) is 18.2 Å². The maximum atomic E-state index is 13.0. The molecule has 1 fully saturated rings. The first-order valence-electron chi connectivity index (χ1n) is 6.28. The molecule has 1 heterocycles. The first-order valence-corrected chi connectivity index (χ1v) is 6.66. The number of hydrogen-bond donors (Lipinski definition) is 2. The van der Waals surface area contributed by atoms with E-state index >= 15 is 0 Å². The number of halogens is 2. The molecule has 0 aliphatic carbocycles. The molecule has 1 atom stereocenters. The van der Waals surface area contributed by atoms with E-state index in [1.54, 1.807) is 0 Å². The van der Waals surface area contributed by atoms with E-state index in [0.29, 0.717) is 12.1 Å². The Morgan fingerprint density at radius 1 is 1.52 bits per heavy atom. The SMILES string of the molecule is O=C(O)C1CN(C(=O)NCc2ccc(F)c(Cl)c2)CCO1. The van der Waals surface area contributed by atoms with Gasteiger partial charge in [0.1, 0.15) is 5.82 Å². The number of aliphatic carboxylic acids is 1. The summed E-state index contributed by atoms with van der Waals surface area (Å²) in [5.41, 5.74) is 0.651. The minimum atomic E-state index is -1.10.